The molecule has 0 aliphatic carbocycles. The van der Waals surface area contributed by atoms with Crippen LogP contribution < -0.4 is 0 Å². The zero-order chi connectivity index (χ0) is 16.1. The molecule has 1 N–H and O–H groups in total. The second-order valence-electron chi connectivity index (χ2n) is 6.50. The first-order valence-corrected chi connectivity index (χ1v) is 8.97. The smallest absolute Gasteiger partial charge is 0.0900 e. The minimum absolute atomic E-state index is 0.213. The Kier molecular flexibility index (Phi) is 6.31. The number of halogens is 1. The highest BCUT2D eigenvalue weighted by Crippen LogP contribution is 2.35. The highest BCUT2D eigenvalue weighted by Gasteiger charge is 2.29. The van der Waals surface area contributed by atoms with Crippen LogP contribution >= 0.6 is 11.6 Å². The Labute approximate surface area is 143 Å². The van der Waals surface area contributed by atoms with Gasteiger partial charge >= 0.3 is 0 Å². The summed E-state index contributed by atoms with van der Waals surface area (Å²) in [5, 5.41) is 11.1. The van der Waals surface area contributed by atoms with E-state index in [1.807, 2.05) is 18.2 Å². The predicted molar refractivity (Wildman–Crippen MR) is 90.8 cm³/mol. The minimum Gasteiger partial charge on any atom is -0.389 e. The molecule has 3 rings (SSSR count). The lowest BCUT2D eigenvalue weighted by molar-refractivity contribution is -0.0261. The van der Waals surface area contributed by atoms with Crippen molar-refractivity contribution in [1.82, 2.24) is 4.90 Å². The molecular weight excluding hydrogens is 314 g/mol. The van der Waals surface area contributed by atoms with Crippen LogP contribution in [0.5, 0.6) is 0 Å². The molecular formula is C18H26ClNO3. The van der Waals surface area contributed by atoms with Crippen LogP contribution in [0.4, 0.5) is 0 Å². The summed E-state index contributed by atoms with van der Waals surface area (Å²) in [5.41, 5.74) is 1.17. The average molecular weight is 340 g/mol. The predicted octanol–water partition coefficient (Wildman–Crippen LogP) is 3.03. The van der Waals surface area contributed by atoms with E-state index in [1.54, 1.807) is 0 Å². The van der Waals surface area contributed by atoms with E-state index in [9.17, 15) is 5.11 Å². The number of hydrogen-bond donors (Lipinski definition) is 1. The standard InChI is InChI=1S/C18H26ClNO3/c19-17-7-2-1-6-16(17)18-8-3-9-20(18)11-14(21)12-22-13-15-5-4-10-23-15/h1-2,6-7,14-15,18,21H,3-5,8-13H2/t14-,15-,18-/m0/s1. The highest BCUT2D eigenvalue weighted by molar-refractivity contribution is 6.31. The largest absolute Gasteiger partial charge is 0.389 e. The molecule has 0 radical (unpaired) electrons. The van der Waals surface area contributed by atoms with Crippen LogP contribution in [0.25, 0.3) is 0 Å². The maximum absolute atomic E-state index is 10.3. The van der Waals surface area contributed by atoms with Gasteiger partial charge in [-0.1, -0.05) is 29.8 Å². The Morgan fingerprint density at radius 1 is 1.30 bits per heavy atom. The number of hydrogen-bond acceptors (Lipinski definition) is 4. The van der Waals surface area contributed by atoms with Gasteiger partial charge in [-0.2, -0.15) is 0 Å². The molecule has 1 aromatic carbocycles. The van der Waals surface area contributed by atoms with Crippen LogP contribution in [-0.2, 0) is 9.47 Å². The number of ether oxygens (including phenoxy) is 2. The van der Waals surface area contributed by atoms with Crippen molar-refractivity contribution in [2.75, 3.05) is 32.9 Å². The van der Waals surface area contributed by atoms with E-state index in [2.05, 4.69) is 11.0 Å². The van der Waals surface area contributed by atoms with Crippen LogP contribution in [0.15, 0.2) is 24.3 Å². The van der Waals surface area contributed by atoms with E-state index in [4.69, 9.17) is 21.1 Å². The van der Waals surface area contributed by atoms with Gasteiger partial charge in [0.05, 0.1) is 25.4 Å². The zero-order valence-electron chi connectivity index (χ0n) is 13.5. The molecule has 0 saturated carbocycles. The molecule has 3 atom stereocenters. The lowest BCUT2D eigenvalue weighted by Crippen LogP contribution is -2.35. The lowest BCUT2D eigenvalue weighted by atomic mass is 10.0. The van der Waals surface area contributed by atoms with E-state index in [0.29, 0.717) is 25.8 Å². The number of aliphatic hydroxyl groups is 1. The fourth-order valence-electron chi connectivity index (χ4n) is 3.58. The molecule has 2 fully saturated rings. The summed E-state index contributed by atoms with van der Waals surface area (Å²) in [4.78, 5) is 2.32. The van der Waals surface area contributed by atoms with E-state index < -0.39 is 6.10 Å². The van der Waals surface area contributed by atoms with Crippen molar-refractivity contribution in [1.29, 1.82) is 0 Å². The van der Waals surface area contributed by atoms with Gasteiger partial charge in [-0.15, -0.1) is 0 Å². The molecule has 0 bridgehead atoms. The SMILES string of the molecule is O[C@H](COC[C@@H]1CCCO1)CN1CCC[C@H]1c1ccccc1Cl. The van der Waals surface area contributed by atoms with Gasteiger partial charge in [0.25, 0.3) is 0 Å². The van der Waals surface area contributed by atoms with Gasteiger partial charge in [-0.3, -0.25) is 4.90 Å². The molecule has 0 aromatic heterocycles. The highest BCUT2D eigenvalue weighted by atomic mass is 35.5. The first-order chi connectivity index (χ1) is 11.2. The number of benzene rings is 1. The molecule has 4 nitrogen and oxygen atoms in total. The number of likely N-dealkylation sites (tertiary alicyclic amines) is 1. The molecule has 23 heavy (non-hydrogen) atoms. The van der Waals surface area contributed by atoms with Gasteiger partial charge in [0, 0.05) is 24.2 Å². The third kappa shape index (κ3) is 4.68. The molecule has 128 valence electrons. The van der Waals surface area contributed by atoms with Gasteiger partial charge in [0.15, 0.2) is 0 Å². The Balaban J connectivity index is 1.47. The second kappa shape index (κ2) is 8.45. The minimum atomic E-state index is -0.473. The summed E-state index contributed by atoms with van der Waals surface area (Å²) in [6, 6.07) is 8.31. The summed E-state index contributed by atoms with van der Waals surface area (Å²) in [6.45, 7) is 3.42. The van der Waals surface area contributed by atoms with Crippen LogP contribution in [-0.4, -0.2) is 55.1 Å². The fourth-order valence-corrected chi connectivity index (χ4v) is 3.84. The molecule has 0 amide bonds. The monoisotopic (exact) mass is 339 g/mol. The lowest BCUT2D eigenvalue weighted by Gasteiger charge is -2.27. The Morgan fingerprint density at radius 2 is 2.17 bits per heavy atom. The van der Waals surface area contributed by atoms with Crippen molar-refractivity contribution >= 4 is 11.6 Å². The van der Waals surface area contributed by atoms with Gasteiger partial charge in [0.1, 0.15) is 0 Å². The average Bonchev–Trinajstić information content (AvgIpc) is 3.20. The third-order valence-corrected chi connectivity index (χ3v) is 5.06. The van der Waals surface area contributed by atoms with Gasteiger partial charge in [-0.05, 0) is 43.9 Å². The van der Waals surface area contributed by atoms with E-state index >= 15 is 0 Å². The molecule has 2 aliphatic heterocycles. The number of rotatable bonds is 7. The summed E-state index contributed by atoms with van der Waals surface area (Å²) in [6.07, 6.45) is 4.15. The molecule has 2 aliphatic rings. The number of aliphatic hydroxyl groups excluding tert-OH is 1. The van der Waals surface area contributed by atoms with Gasteiger partial charge in [-0.25, -0.2) is 0 Å². The van der Waals surface area contributed by atoms with Crippen LogP contribution in [0.2, 0.25) is 5.02 Å². The van der Waals surface area contributed by atoms with E-state index in [-0.39, 0.29) is 6.10 Å². The van der Waals surface area contributed by atoms with E-state index in [1.165, 1.54) is 5.56 Å². The second-order valence-corrected chi connectivity index (χ2v) is 6.91. The molecule has 5 heteroatoms. The molecule has 2 saturated heterocycles. The Morgan fingerprint density at radius 3 is 2.96 bits per heavy atom. The van der Waals surface area contributed by atoms with Crippen molar-refractivity contribution in [3.05, 3.63) is 34.9 Å². The van der Waals surface area contributed by atoms with Crippen molar-refractivity contribution in [2.24, 2.45) is 0 Å². The van der Waals surface area contributed by atoms with Crippen molar-refractivity contribution < 1.29 is 14.6 Å². The fraction of sp³-hybridized carbons (Fsp3) is 0.667. The summed E-state index contributed by atoms with van der Waals surface area (Å²) in [7, 11) is 0. The quantitative estimate of drug-likeness (QED) is 0.829. The molecule has 1 aromatic rings. The number of nitrogens with zero attached hydrogens (tertiary/aromatic N) is 1. The Bertz CT molecular complexity index is 493. The first-order valence-electron chi connectivity index (χ1n) is 8.60. The third-order valence-electron chi connectivity index (χ3n) is 4.71. The topological polar surface area (TPSA) is 41.9 Å². The van der Waals surface area contributed by atoms with Gasteiger partial charge in [0.2, 0.25) is 0 Å². The maximum atomic E-state index is 10.3. The first kappa shape index (κ1) is 17.2. The van der Waals surface area contributed by atoms with Crippen molar-refractivity contribution in [3.8, 4) is 0 Å². The Hall–Kier alpha value is -0.650. The molecule has 2 heterocycles. The number of β-amino-alcohol motifs (C(OH)–C–C–N with tert-alkyl or cyclic N) is 1. The molecule has 0 spiro atoms. The summed E-state index contributed by atoms with van der Waals surface area (Å²) >= 11 is 6.33. The van der Waals surface area contributed by atoms with Crippen molar-refractivity contribution in [3.63, 3.8) is 0 Å². The molecule has 0 unspecified atom stereocenters. The summed E-state index contributed by atoms with van der Waals surface area (Å²) in [5.74, 6) is 0. The van der Waals surface area contributed by atoms with Crippen LogP contribution in [0.1, 0.15) is 37.3 Å². The normalized spacial score (nSPS) is 26.7. The zero-order valence-corrected chi connectivity index (χ0v) is 14.3. The maximum Gasteiger partial charge on any atom is 0.0900 e. The van der Waals surface area contributed by atoms with Crippen LogP contribution in [0.3, 0.4) is 0 Å². The van der Waals surface area contributed by atoms with E-state index in [0.717, 1.165) is 43.9 Å². The van der Waals surface area contributed by atoms with Crippen molar-refractivity contribution in [2.45, 2.75) is 43.9 Å². The van der Waals surface area contributed by atoms with Gasteiger partial charge < -0.3 is 14.6 Å². The summed E-state index contributed by atoms with van der Waals surface area (Å²) < 4.78 is 11.2. The van der Waals surface area contributed by atoms with Crippen LogP contribution in [0, 0.1) is 0 Å².